The van der Waals surface area contributed by atoms with Crippen LogP contribution in [0.15, 0.2) is 59.5 Å². The van der Waals surface area contributed by atoms with Crippen LogP contribution in [0, 0.1) is 16.0 Å². The molecule has 2 atom stereocenters. The Morgan fingerprint density at radius 1 is 1.14 bits per heavy atom. The van der Waals surface area contributed by atoms with E-state index in [4.69, 9.17) is 4.18 Å². The third-order valence-electron chi connectivity index (χ3n) is 5.09. The van der Waals surface area contributed by atoms with Crippen LogP contribution in [-0.2, 0) is 14.3 Å². The number of piperidine rings is 1. The summed E-state index contributed by atoms with van der Waals surface area (Å²) >= 11 is 0. The van der Waals surface area contributed by atoms with Crippen LogP contribution in [0.2, 0.25) is 0 Å². The van der Waals surface area contributed by atoms with Gasteiger partial charge in [0.1, 0.15) is 0 Å². The molecule has 1 aliphatic rings. The Balaban J connectivity index is 1.66. The molecule has 0 N–H and O–H groups in total. The van der Waals surface area contributed by atoms with E-state index in [1.807, 2.05) is 0 Å². The zero-order valence-electron chi connectivity index (χ0n) is 15.7. The van der Waals surface area contributed by atoms with E-state index in [2.05, 4.69) is 11.8 Å². The molecule has 2 aromatic carbocycles. The smallest absolute Gasteiger partial charge is 0.296 e. The fraction of sp³-hybridized carbons (Fsp3) is 0.400. The molecule has 2 unspecified atom stereocenters. The molecule has 1 aliphatic heterocycles. The summed E-state index contributed by atoms with van der Waals surface area (Å²) in [5.74, 6) is 0.532. The van der Waals surface area contributed by atoms with Gasteiger partial charge in [-0.15, -0.1) is 0 Å². The monoisotopic (exact) mass is 404 g/mol. The summed E-state index contributed by atoms with van der Waals surface area (Å²) in [6.45, 7) is 3.11. The summed E-state index contributed by atoms with van der Waals surface area (Å²) in [4.78, 5) is 12.8. The number of hydrogen-bond acceptors (Lipinski definition) is 6. The van der Waals surface area contributed by atoms with Crippen molar-refractivity contribution in [1.82, 2.24) is 0 Å². The van der Waals surface area contributed by atoms with Crippen molar-refractivity contribution in [3.8, 4) is 0 Å². The SMILES string of the molecule is CC1CCN(c2ccc([N+](=O)[O-])cc2)C(CCOS(=O)(=O)c2ccccc2)C1. The molecule has 2 aromatic rings. The zero-order valence-corrected chi connectivity index (χ0v) is 16.5. The van der Waals surface area contributed by atoms with Gasteiger partial charge in [0, 0.05) is 30.4 Å². The first-order valence-corrected chi connectivity index (χ1v) is 10.7. The Morgan fingerprint density at radius 2 is 1.82 bits per heavy atom. The second-order valence-electron chi connectivity index (χ2n) is 7.13. The average Bonchev–Trinajstić information content (AvgIpc) is 2.69. The number of nitro benzene ring substituents is 1. The lowest BCUT2D eigenvalue weighted by molar-refractivity contribution is -0.384. The highest BCUT2D eigenvalue weighted by atomic mass is 32.2. The van der Waals surface area contributed by atoms with E-state index in [0.29, 0.717) is 12.3 Å². The number of anilines is 1. The van der Waals surface area contributed by atoms with E-state index in [9.17, 15) is 18.5 Å². The van der Waals surface area contributed by atoms with Gasteiger partial charge in [-0.2, -0.15) is 8.42 Å². The van der Waals surface area contributed by atoms with Crippen LogP contribution >= 0.6 is 0 Å². The number of rotatable bonds is 7. The second kappa shape index (κ2) is 8.70. The lowest BCUT2D eigenvalue weighted by atomic mass is 9.90. The van der Waals surface area contributed by atoms with Crippen LogP contribution in [0.25, 0.3) is 0 Å². The molecule has 28 heavy (non-hydrogen) atoms. The average molecular weight is 404 g/mol. The van der Waals surface area contributed by atoms with Crippen molar-refractivity contribution in [2.24, 2.45) is 5.92 Å². The summed E-state index contributed by atoms with van der Waals surface area (Å²) in [5, 5.41) is 10.9. The Bertz CT molecular complexity index is 900. The van der Waals surface area contributed by atoms with E-state index < -0.39 is 15.0 Å². The topological polar surface area (TPSA) is 89.8 Å². The first-order chi connectivity index (χ1) is 13.4. The van der Waals surface area contributed by atoms with Crippen molar-refractivity contribution in [2.75, 3.05) is 18.1 Å². The first-order valence-electron chi connectivity index (χ1n) is 9.32. The van der Waals surface area contributed by atoms with Crippen molar-refractivity contribution >= 4 is 21.5 Å². The number of nitrogens with zero attached hydrogens (tertiary/aromatic N) is 2. The molecule has 1 heterocycles. The molecule has 0 radical (unpaired) electrons. The van der Waals surface area contributed by atoms with E-state index >= 15 is 0 Å². The Kier molecular flexibility index (Phi) is 6.31. The predicted octanol–water partition coefficient (Wildman–Crippen LogP) is 4.00. The van der Waals surface area contributed by atoms with Crippen LogP contribution < -0.4 is 4.90 Å². The Morgan fingerprint density at radius 3 is 2.46 bits per heavy atom. The molecule has 0 spiro atoms. The van der Waals surface area contributed by atoms with Crippen molar-refractivity contribution in [2.45, 2.75) is 37.1 Å². The maximum atomic E-state index is 12.3. The summed E-state index contributed by atoms with van der Waals surface area (Å²) < 4.78 is 29.8. The third kappa shape index (κ3) is 4.88. The van der Waals surface area contributed by atoms with Gasteiger partial charge in [0.2, 0.25) is 0 Å². The van der Waals surface area contributed by atoms with Gasteiger partial charge in [0.25, 0.3) is 15.8 Å². The molecule has 0 amide bonds. The number of nitro groups is 1. The highest BCUT2D eigenvalue weighted by molar-refractivity contribution is 7.86. The van der Waals surface area contributed by atoms with E-state index in [-0.39, 0.29) is 23.2 Å². The molecule has 0 bridgehead atoms. The quantitative estimate of drug-likeness (QED) is 0.394. The largest absolute Gasteiger partial charge is 0.368 e. The Labute approximate surface area is 165 Å². The molecule has 0 aromatic heterocycles. The standard InChI is InChI=1S/C20H24N2O5S/c1-16-11-13-21(17-7-9-18(10-8-17)22(23)24)19(15-16)12-14-27-28(25,26)20-5-3-2-4-6-20/h2-10,16,19H,11-15H2,1H3. The predicted molar refractivity (Wildman–Crippen MR) is 107 cm³/mol. The normalized spacial score (nSPS) is 20.1. The lowest BCUT2D eigenvalue weighted by Gasteiger charge is -2.40. The van der Waals surface area contributed by atoms with Crippen LogP contribution in [0.5, 0.6) is 0 Å². The molecule has 1 fully saturated rings. The molecular weight excluding hydrogens is 380 g/mol. The van der Waals surface area contributed by atoms with Gasteiger partial charge in [0.05, 0.1) is 16.4 Å². The molecule has 1 saturated heterocycles. The second-order valence-corrected chi connectivity index (χ2v) is 8.74. The number of hydrogen-bond donors (Lipinski definition) is 0. The van der Waals surface area contributed by atoms with Gasteiger partial charge < -0.3 is 4.90 Å². The maximum Gasteiger partial charge on any atom is 0.296 e. The van der Waals surface area contributed by atoms with Gasteiger partial charge in [-0.05, 0) is 49.4 Å². The Hall–Kier alpha value is -2.45. The minimum atomic E-state index is -3.77. The molecule has 3 rings (SSSR count). The van der Waals surface area contributed by atoms with Crippen molar-refractivity contribution in [3.63, 3.8) is 0 Å². The summed E-state index contributed by atoms with van der Waals surface area (Å²) in [6.07, 6.45) is 2.51. The lowest BCUT2D eigenvalue weighted by Crippen LogP contribution is -2.42. The number of non-ortho nitro benzene ring substituents is 1. The van der Waals surface area contributed by atoms with Gasteiger partial charge >= 0.3 is 0 Å². The van der Waals surface area contributed by atoms with Crippen molar-refractivity contribution in [1.29, 1.82) is 0 Å². The third-order valence-corrected chi connectivity index (χ3v) is 6.42. The van der Waals surface area contributed by atoms with Crippen molar-refractivity contribution < 1.29 is 17.5 Å². The van der Waals surface area contributed by atoms with E-state index in [0.717, 1.165) is 25.1 Å². The first kappa shape index (κ1) is 20.3. The minimum Gasteiger partial charge on any atom is -0.368 e. The molecule has 0 saturated carbocycles. The highest BCUT2D eigenvalue weighted by Gasteiger charge is 2.27. The zero-order chi connectivity index (χ0) is 20.1. The maximum absolute atomic E-state index is 12.3. The van der Waals surface area contributed by atoms with Crippen LogP contribution in [-0.4, -0.2) is 32.5 Å². The van der Waals surface area contributed by atoms with E-state index in [1.54, 1.807) is 30.3 Å². The summed E-state index contributed by atoms with van der Waals surface area (Å²) in [5.41, 5.74) is 0.969. The van der Waals surface area contributed by atoms with Gasteiger partial charge in [-0.25, -0.2) is 0 Å². The van der Waals surface area contributed by atoms with E-state index in [1.165, 1.54) is 24.3 Å². The highest BCUT2D eigenvalue weighted by Crippen LogP contribution is 2.31. The van der Waals surface area contributed by atoms with Crippen LogP contribution in [0.3, 0.4) is 0 Å². The molecule has 150 valence electrons. The van der Waals surface area contributed by atoms with Crippen LogP contribution in [0.4, 0.5) is 11.4 Å². The van der Waals surface area contributed by atoms with Gasteiger partial charge in [-0.1, -0.05) is 25.1 Å². The number of benzene rings is 2. The molecule has 8 heteroatoms. The fourth-order valence-electron chi connectivity index (χ4n) is 3.58. The molecule has 0 aliphatic carbocycles. The molecular formula is C20H24N2O5S. The fourth-order valence-corrected chi connectivity index (χ4v) is 4.52. The minimum absolute atomic E-state index is 0.0583. The van der Waals surface area contributed by atoms with Gasteiger partial charge in [-0.3, -0.25) is 14.3 Å². The molecule has 7 nitrogen and oxygen atoms in total. The van der Waals surface area contributed by atoms with Crippen LogP contribution in [0.1, 0.15) is 26.2 Å². The summed E-state index contributed by atoms with van der Waals surface area (Å²) in [7, 11) is -3.77. The van der Waals surface area contributed by atoms with Gasteiger partial charge in [0.15, 0.2) is 0 Å². The van der Waals surface area contributed by atoms with Crippen molar-refractivity contribution in [3.05, 3.63) is 64.7 Å². The summed E-state index contributed by atoms with van der Waals surface area (Å²) in [6, 6.07) is 14.7.